The van der Waals surface area contributed by atoms with Gasteiger partial charge in [0, 0.05) is 39.2 Å². The average Bonchev–Trinajstić information content (AvgIpc) is 3.21. The van der Waals surface area contributed by atoms with Crippen LogP contribution in [0.25, 0.3) is 89.5 Å². The fourth-order valence-electron chi connectivity index (χ4n) is 6.37. The van der Waals surface area contributed by atoms with Crippen LogP contribution in [0.3, 0.4) is 0 Å². The summed E-state index contributed by atoms with van der Waals surface area (Å²) in [5.74, 6) is 1.90. The Labute approximate surface area is 289 Å². The van der Waals surface area contributed by atoms with Gasteiger partial charge >= 0.3 is 0 Å². The van der Waals surface area contributed by atoms with Crippen molar-refractivity contribution in [3.63, 3.8) is 0 Å². The zero-order chi connectivity index (χ0) is 33.3. The Morgan fingerprint density at radius 1 is 0.280 bits per heavy atom. The number of hydrogen-bond donors (Lipinski definition) is 0. The molecular formula is C45H29N5. The Kier molecular flexibility index (Phi) is 7.41. The van der Waals surface area contributed by atoms with Crippen LogP contribution in [0.1, 0.15) is 0 Å². The lowest BCUT2D eigenvalue weighted by molar-refractivity contribution is 1.07. The summed E-state index contributed by atoms with van der Waals surface area (Å²) in [6, 6.07) is 58.2. The maximum atomic E-state index is 5.07. The molecule has 0 aliphatic heterocycles. The van der Waals surface area contributed by atoms with Gasteiger partial charge in [-0.25, -0.2) is 19.9 Å². The van der Waals surface area contributed by atoms with E-state index in [-0.39, 0.29) is 0 Å². The van der Waals surface area contributed by atoms with Crippen LogP contribution < -0.4 is 0 Å². The molecule has 50 heavy (non-hydrogen) atoms. The van der Waals surface area contributed by atoms with Crippen LogP contribution in [0.2, 0.25) is 0 Å². The topological polar surface area (TPSA) is 64.5 Å². The molecule has 5 nitrogen and oxygen atoms in total. The molecule has 0 aliphatic carbocycles. The van der Waals surface area contributed by atoms with Gasteiger partial charge in [0.2, 0.25) is 0 Å². The predicted molar refractivity (Wildman–Crippen MR) is 203 cm³/mol. The summed E-state index contributed by atoms with van der Waals surface area (Å²) >= 11 is 0. The molecule has 0 N–H and O–H groups in total. The highest BCUT2D eigenvalue weighted by molar-refractivity contribution is 6.03. The molecule has 0 saturated carbocycles. The van der Waals surface area contributed by atoms with E-state index in [4.69, 9.17) is 19.9 Å². The first-order chi connectivity index (χ1) is 24.7. The van der Waals surface area contributed by atoms with Gasteiger partial charge in [-0.15, -0.1) is 0 Å². The van der Waals surface area contributed by atoms with Gasteiger partial charge in [-0.2, -0.15) is 0 Å². The maximum Gasteiger partial charge on any atom is 0.164 e. The van der Waals surface area contributed by atoms with Crippen molar-refractivity contribution in [3.8, 4) is 67.7 Å². The van der Waals surface area contributed by atoms with Gasteiger partial charge in [0.25, 0.3) is 0 Å². The van der Waals surface area contributed by atoms with Gasteiger partial charge in [-0.1, -0.05) is 146 Å². The third-order valence-electron chi connectivity index (χ3n) is 8.96. The van der Waals surface area contributed by atoms with E-state index in [0.717, 1.165) is 72.0 Å². The minimum absolute atomic E-state index is 0.625. The Morgan fingerprint density at radius 2 is 0.760 bits per heavy atom. The molecule has 9 rings (SSSR count). The van der Waals surface area contributed by atoms with E-state index in [1.807, 2.05) is 48.7 Å². The molecule has 0 atom stereocenters. The number of fused-ring (bicyclic) bond motifs is 3. The van der Waals surface area contributed by atoms with Gasteiger partial charge in [0.1, 0.15) is 0 Å². The Bertz CT molecular complexity index is 2640. The number of benzene rings is 6. The highest BCUT2D eigenvalue weighted by atomic mass is 15.0. The normalized spacial score (nSPS) is 11.2. The summed E-state index contributed by atoms with van der Waals surface area (Å²) in [5.41, 5.74) is 11.0. The van der Waals surface area contributed by atoms with Crippen molar-refractivity contribution in [3.05, 3.63) is 176 Å². The number of pyridine rings is 2. The zero-order valence-corrected chi connectivity index (χ0v) is 27.0. The van der Waals surface area contributed by atoms with Crippen LogP contribution in [0.5, 0.6) is 0 Å². The Morgan fingerprint density at radius 3 is 1.46 bits per heavy atom. The van der Waals surface area contributed by atoms with Gasteiger partial charge in [0.05, 0.1) is 16.7 Å². The van der Waals surface area contributed by atoms with Crippen LogP contribution in [-0.4, -0.2) is 24.9 Å². The maximum absolute atomic E-state index is 5.07. The standard InChI is InChI=1S/C45H29N5/c1-3-10-30(11-4-1)37-15-8-17-39(29-37)45-49-43(34-12-5-2-6-13-34)48-44(50-45)35-23-19-31(20-24-35)36-14-7-16-38(28-36)40-26-25-33-22-21-32-18-9-27-46-41(32)42(33)47-40/h1-29H. The van der Waals surface area contributed by atoms with Crippen LogP contribution in [-0.2, 0) is 0 Å². The van der Waals surface area contributed by atoms with Crippen LogP contribution in [0.15, 0.2) is 176 Å². The molecule has 9 aromatic rings. The van der Waals surface area contributed by atoms with E-state index in [0.29, 0.717) is 17.5 Å². The quantitative estimate of drug-likeness (QED) is 0.169. The highest BCUT2D eigenvalue weighted by Gasteiger charge is 2.14. The van der Waals surface area contributed by atoms with E-state index in [2.05, 4.69) is 132 Å². The van der Waals surface area contributed by atoms with Gasteiger partial charge < -0.3 is 0 Å². The van der Waals surface area contributed by atoms with Crippen molar-refractivity contribution in [1.29, 1.82) is 0 Å². The third kappa shape index (κ3) is 5.67. The van der Waals surface area contributed by atoms with Crippen molar-refractivity contribution >= 4 is 21.8 Å². The summed E-state index contributed by atoms with van der Waals surface area (Å²) in [7, 11) is 0. The molecule has 0 aliphatic rings. The van der Waals surface area contributed by atoms with Crippen LogP contribution >= 0.6 is 0 Å². The fraction of sp³-hybridized carbons (Fsp3) is 0. The summed E-state index contributed by atoms with van der Waals surface area (Å²) in [6.45, 7) is 0. The Balaban J connectivity index is 1.07. The smallest absolute Gasteiger partial charge is 0.164 e. The molecule has 3 aromatic heterocycles. The van der Waals surface area contributed by atoms with Crippen molar-refractivity contribution in [2.75, 3.05) is 0 Å². The second-order valence-electron chi connectivity index (χ2n) is 12.2. The molecule has 6 aromatic carbocycles. The first-order valence-corrected chi connectivity index (χ1v) is 16.6. The van der Waals surface area contributed by atoms with Crippen molar-refractivity contribution < 1.29 is 0 Å². The molecule has 0 saturated heterocycles. The first kappa shape index (κ1) is 29.3. The summed E-state index contributed by atoms with van der Waals surface area (Å²) in [5, 5.41) is 2.16. The Hall–Kier alpha value is -6.85. The molecule has 0 radical (unpaired) electrons. The lowest BCUT2D eigenvalue weighted by Crippen LogP contribution is -2.00. The lowest BCUT2D eigenvalue weighted by atomic mass is 9.99. The molecular weight excluding hydrogens is 611 g/mol. The zero-order valence-electron chi connectivity index (χ0n) is 27.0. The van der Waals surface area contributed by atoms with Gasteiger partial charge in [0.15, 0.2) is 17.5 Å². The van der Waals surface area contributed by atoms with Crippen LogP contribution in [0, 0.1) is 0 Å². The van der Waals surface area contributed by atoms with E-state index < -0.39 is 0 Å². The van der Waals surface area contributed by atoms with Crippen molar-refractivity contribution in [1.82, 2.24) is 24.9 Å². The van der Waals surface area contributed by atoms with E-state index in [9.17, 15) is 0 Å². The number of hydrogen-bond acceptors (Lipinski definition) is 5. The summed E-state index contributed by atoms with van der Waals surface area (Å²) in [4.78, 5) is 24.6. The molecule has 0 spiro atoms. The number of rotatable bonds is 6. The molecule has 0 fully saturated rings. The minimum Gasteiger partial charge on any atom is -0.254 e. The van der Waals surface area contributed by atoms with Gasteiger partial charge in [-0.05, 0) is 46.5 Å². The molecule has 3 heterocycles. The van der Waals surface area contributed by atoms with E-state index in [1.54, 1.807) is 0 Å². The van der Waals surface area contributed by atoms with E-state index in [1.165, 1.54) is 0 Å². The molecule has 234 valence electrons. The predicted octanol–water partition coefficient (Wildman–Crippen LogP) is 11.0. The third-order valence-corrected chi connectivity index (χ3v) is 8.96. The monoisotopic (exact) mass is 639 g/mol. The van der Waals surface area contributed by atoms with Crippen molar-refractivity contribution in [2.24, 2.45) is 0 Å². The largest absolute Gasteiger partial charge is 0.254 e. The summed E-state index contributed by atoms with van der Waals surface area (Å²) in [6.07, 6.45) is 1.82. The summed E-state index contributed by atoms with van der Waals surface area (Å²) < 4.78 is 0. The molecule has 0 unspecified atom stereocenters. The highest BCUT2D eigenvalue weighted by Crippen LogP contribution is 2.32. The molecule has 0 amide bonds. The van der Waals surface area contributed by atoms with E-state index >= 15 is 0 Å². The average molecular weight is 640 g/mol. The first-order valence-electron chi connectivity index (χ1n) is 16.6. The second kappa shape index (κ2) is 12.6. The second-order valence-corrected chi connectivity index (χ2v) is 12.2. The molecule has 5 heteroatoms. The fourth-order valence-corrected chi connectivity index (χ4v) is 6.37. The lowest BCUT2D eigenvalue weighted by Gasteiger charge is -2.11. The SMILES string of the molecule is c1ccc(-c2cccc(-c3nc(-c4ccccc4)nc(-c4ccc(-c5cccc(-c6ccc7ccc8cccnc8c7n6)c5)cc4)n3)c2)cc1. The van der Waals surface area contributed by atoms with Crippen molar-refractivity contribution in [2.45, 2.75) is 0 Å². The number of aromatic nitrogens is 5. The van der Waals surface area contributed by atoms with Gasteiger partial charge in [-0.3, -0.25) is 4.98 Å². The minimum atomic E-state index is 0.625. The number of nitrogens with zero attached hydrogens (tertiary/aromatic N) is 5. The van der Waals surface area contributed by atoms with Crippen LogP contribution in [0.4, 0.5) is 0 Å². The molecule has 0 bridgehead atoms.